The smallest absolute Gasteiger partial charge is 0.407 e. The van der Waals surface area contributed by atoms with E-state index in [4.69, 9.17) is 10.5 Å². The number of alkyl carbamates (subject to hydrolysis) is 1. The molecule has 18 heavy (non-hydrogen) atoms. The Bertz CT molecular complexity index is 395. The minimum Gasteiger partial charge on any atom is -0.444 e. The summed E-state index contributed by atoms with van der Waals surface area (Å²) < 4.78 is 7.01. The molecule has 0 aromatic carbocycles. The number of ether oxygens (including phenoxy) is 1. The lowest BCUT2D eigenvalue weighted by molar-refractivity contribution is 0.0524. The molecule has 1 amide bonds. The molecule has 6 heteroatoms. The third-order valence-electron chi connectivity index (χ3n) is 2.32. The maximum Gasteiger partial charge on any atom is 0.407 e. The molecule has 1 atom stereocenters. The summed E-state index contributed by atoms with van der Waals surface area (Å²) in [6.45, 7) is 6.32. The fourth-order valence-corrected chi connectivity index (χ4v) is 1.47. The lowest BCUT2D eigenvalue weighted by atomic mass is 10.1. The summed E-state index contributed by atoms with van der Waals surface area (Å²) in [6, 6.07) is 0. The van der Waals surface area contributed by atoms with Gasteiger partial charge in [0.15, 0.2) is 0 Å². The molecule has 1 heterocycles. The summed E-state index contributed by atoms with van der Waals surface area (Å²) in [6.07, 6.45) is 3.18. The molecule has 0 aliphatic rings. The molecule has 0 saturated heterocycles. The largest absolute Gasteiger partial charge is 0.444 e. The number of imidazole rings is 1. The minimum atomic E-state index is -0.493. The van der Waals surface area contributed by atoms with E-state index in [1.807, 2.05) is 38.6 Å². The van der Waals surface area contributed by atoms with Crippen molar-refractivity contribution in [3.8, 4) is 0 Å². The second kappa shape index (κ2) is 5.86. The number of aryl methyl sites for hydroxylation is 1. The van der Waals surface area contributed by atoms with Gasteiger partial charge in [0.2, 0.25) is 0 Å². The van der Waals surface area contributed by atoms with Crippen molar-refractivity contribution < 1.29 is 9.53 Å². The van der Waals surface area contributed by atoms with E-state index in [1.165, 1.54) is 0 Å². The summed E-state index contributed by atoms with van der Waals surface area (Å²) >= 11 is 0. The van der Waals surface area contributed by atoms with Gasteiger partial charge in [-0.1, -0.05) is 0 Å². The molecule has 6 nitrogen and oxygen atoms in total. The monoisotopic (exact) mass is 254 g/mol. The van der Waals surface area contributed by atoms with Crippen LogP contribution in [-0.4, -0.2) is 34.3 Å². The molecule has 1 aromatic heterocycles. The van der Waals surface area contributed by atoms with E-state index < -0.39 is 11.7 Å². The van der Waals surface area contributed by atoms with Crippen molar-refractivity contribution in [3.05, 3.63) is 18.2 Å². The van der Waals surface area contributed by atoms with Crippen LogP contribution in [0.1, 0.15) is 32.4 Å². The second-order valence-corrected chi connectivity index (χ2v) is 5.28. The molecule has 1 aromatic rings. The summed E-state index contributed by atoms with van der Waals surface area (Å²) in [5, 5.41) is 2.71. The first kappa shape index (κ1) is 14.5. The van der Waals surface area contributed by atoms with Crippen LogP contribution in [0.4, 0.5) is 4.79 Å². The Hall–Kier alpha value is -1.56. The Morgan fingerprint density at radius 3 is 2.72 bits per heavy atom. The summed E-state index contributed by atoms with van der Waals surface area (Å²) in [5.41, 5.74) is 6.06. The predicted molar refractivity (Wildman–Crippen MR) is 69.2 cm³/mol. The SMILES string of the molecule is Cn1cnc(C(CN)CNC(=O)OC(C)(C)C)c1. The molecule has 3 N–H and O–H groups in total. The Morgan fingerprint density at radius 2 is 2.28 bits per heavy atom. The third-order valence-corrected chi connectivity index (χ3v) is 2.32. The number of amides is 1. The van der Waals surface area contributed by atoms with Crippen LogP contribution in [0.2, 0.25) is 0 Å². The fourth-order valence-electron chi connectivity index (χ4n) is 1.47. The van der Waals surface area contributed by atoms with Crippen LogP contribution in [0.25, 0.3) is 0 Å². The fraction of sp³-hybridized carbons (Fsp3) is 0.667. The highest BCUT2D eigenvalue weighted by molar-refractivity contribution is 5.67. The van der Waals surface area contributed by atoms with Gasteiger partial charge < -0.3 is 20.4 Å². The Kier molecular flexibility index (Phi) is 4.72. The number of aromatic nitrogens is 2. The Morgan fingerprint density at radius 1 is 1.61 bits per heavy atom. The number of nitrogens with one attached hydrogen (secondary N) is 1. The van der Waals surface area contributed by atoms with Crippen LogP contribution in [0.5, 0.6) is 0 Å². The van der Waals surface area contributed by atoms with E-state index >= 15 is 0 Å². The van der Waals surface area contributed by atoms with Crippen LogP contribution in [0, 0.1) is 0 Å². The normalized spacial score (nSPS) is 13.2. The third kappa shape index (κ3) is 4.75. The highest BCUT2D eigenvalue weighted by Crippen LogP contribution is 2.11. The lowest BCUT2D eigenvalue weighted by Gasteiger charge is -2.21. The number of carbonyl (C=O) groups excluding carboxylic acids is 1. The van der Waals surface area contributed by atoms with Crippen LogP contribution in [-0.2, 0) is 11.8 Å². The Labute approximate surface area is 108 Å². The van der Waals surface area contributed by atoms with Crippen LogP contribution in [0.3, 0.4) is 0 Å². The van der Waals surface area contributed by atoms with Gasteiger partial charge >= 0.3 is 6.09 Å². The molecule has 102 valence electrons. The highest BCUT2D eigenvalue weighted by atomic mass is 16.6. The Balaban J connectivity index is 2.48. The van der Waals surface area contributed by atoms with Gasteiger partial charge in [-0.05, 0) is 20.8 Å². The molecular formula is C12H22N4O2. The number of nitrogens with zero attached hydrogens (tertiary/aromatic N) is 2. The second-order valence-electron chi connectivity index (χ2n) is 5.28. The first-order valence-corrected chi connectivity index (χ1v) is 5.96. The van der Waals surface area contributed by atoms with Gasteiger partial charge in [-0.15, -0.1) is 0 Å². The molecule has 0 aliphatic heterocycles. The average molecular weight is 254 g/mol. The van der Waals surface area contributed by atoms with Crippen molar-refractivity contribution >= 4 is 6.09 Å². The standard InChI is InChI=1S/C12H22N4O2/c1-12(2,3)18-11(17)14-6-9(5-13)10-7-16(4)8-15-10/h7-9H,5-6,13H2,1-4H3,(H,14,17). The molecule has 0 bridgehead atoms. The van der Waals surface area contributed by atoms with E-state index in [1.54, 1.807) is 6.33 Å². The first-order chi connectivity index (χ1) is 8.31. The number of hydrogen-bond acceptors (Lipinski definition) is 4. The molecule has 1 unspecified atom stereocenters. The average Bonchev–Trinajstić information content (AvgIpc) is 2.63. The van der Waals surface area contributed by atoms with Crippen molar-refractivity contribution in [3.63, 3.8) is 0 Å². The van der Waals surface area contributed by atoms with Crippen molar-refractivity contribution in [1.29, 1.82) is 0 Å². The molecule has 0 fully saturated rings. The quantitative estimate of drug-likeness (QED) is 0.839. The van der Waals surface area contributed by atoms with Crippen LogP contribution in [0.15, 0.2) is 12.5 Å². The summed E-state index contributed by atoms with van der Waals surface area (Å²) in [4.78, 5) is 15.7. The van der Waals surface area contributed by atoms with E-state index in [0.717, 1.165) is 5.69 Å². The van der Waals surface area contributed by atoms with Gasteiger partial charge in [0.1, 0.15) is 5.60 Å². The highest BCUT2D eigenvalue weighted by Gasteiger charge is 2.18. The van der Waals surface area contributed by atoms with Crippen molar-refractivity contribution in [2.75, 3.05) is 13.1 Å². The van der Waals surface area contributed by atoms with E-state index in [-0.39, 0.29) is 5.92 Å². The van der Waals surface area contributed by atoms with E-state index in [0.29, 0.717) is 13.1 Å². The zero-order chi connectivity index (χ0) is 13.8. The summed E-state index contributed by atoms with van der Waals surface area (Å²) in [7, 11) is 1.89. The maximum absolute atomic E-state index is 11.5. The minimum absolute atomic E-state index is 0.00119. The molecule has 1 rings (SSSR count). The lowest BCUT2D eigenvalue weighted by Crippen LogP contribution is -2.36. The van der Waals surface area contributed by atoms with Crippen molar-refractivity contribution in [1.82, 2.24) is 14.9 Å². The first-order valence-electron chi connectivity index (χ1n) is 5.96. The van der Waals surface area contributed by atoms with E-state index in [9.17, 15) is 4.79 Å². The van der Waals surface area contributed by atoms with Gasteiger partial charge in [0.05, 0.1) is 12.0 Å². The summed E-state index contributed by atoms with van der Waals surface area (Å²) in [5.74, 6) is -0.00119. The zero-order valence-electron chi connectivity index (χ0n) is 11.4. The molecule has 0 spiro atoms. The van der Waals surface area contributed by atoms with Crippen LogP contribution < -0.4 is 11.1 Å². The van der Waals surface area contributed by atoms with Gasteiger partial charge in [-0.25, -0.2) is 9.78 Å². The zero-order valence-corrected chi connectivity index (χ0v) is 11.4. The van der Waals surface area contributed by atoms with Crippen molar-refractivity contribution in [2.24, 2.45) is 12.8 Å². The van der Waals surface area contributed by atoms with Gasteiger partial charge in [0, 0.05) is 32.3 Å². The molecule has 0 radical (unpaired) electrons. The number of rotatable bonds is 4. The molecule has 0 aliphatic carbocycles. The maximum atomic E-state index is 11.5. The topological polar surface area (TPSA) is 82.2 Å². The number of carbonyl (C=O) groups is 1. The number of nitrogens with two attached hydrogens (primary N) is 1. The molecule has 0 saturated carbocycles. The van der Waals surface area contributed by atoms with E-state index in [2.05, 4.69) is 10.3 Å². The number of hydrogen-bond donors (Lipinski definition) is 2. The van der Waals surface area contributed by atoms with Gasteiger partial charge in [-0.3, -0.25) is 0 Å². The van der Waals surface area contributed by atoms with Gasteiger partial charge in [-0.2, -0.15) is 0 Å². The van der Waals surface area contributed by atoms with Gasteiger partial charge in [0.25, 0.3) is 0 Å². The predicted octanol–water partition coefficient (Wildman–Crippen LogP) is 0.987. The van der Waals surface area contributed by atoms with Crippen molar-refractivity contribution in [2.45, 2.75) is 32.3 Å². The van der Waals surface area contributed by atoms with Crippen LogP contribution >= 0.6 is 0 Å². The molecular weight excluding hydrogens is 232 g/mol.